The number of hydrogen-bond donors (Lipinski definition) is 1. The Morgan fingerprint density at radius 1 is 1.00 bits per heavy atom. The first-order valence-corrected chi connectivity index (χ1v) is 7.28. The molecule has 2 bridgehead atoms. The van der Waals surface area contributed by atoms with Crippen molar-refractivity contribution in [1.29, 1.82) is 0 Å². The molecule has 0 saturated heterocycles. The van der Waals surface area contributed by atoms with Crippen LogP contribution in [-0.2, 0) is 4.79 Å². The first kappa shape index (κ1) is 11.7. The van der Waals surface area contributed by atoms with Crippen LogP contribution in [0.2, 0.25) is 0 Å². The molecule has 2 aromatic carbocycles. The lowest BCUT2D eigenvalue weighted by Crippen LogP contribution is -2.25. The van der Waals surface area contributed by atoms with Gasteiger partial charge in [-0.15, -0.1) is 0 Å². The van der Waals surface area contributed by atoms with Gasteiger partial charge < -0.3 is 5.32 Å². The van der Waals surface area contributed by atoms with Crippen molar-refractivity contribution < 1.29 is 4.79 Å². The molecule has 1 saturated carbocycles. The van der Waals surface area contributed by atoms with Gasteiger partial charge in [-0.3, -0.25) is 4.79 Å². The van der Waals surface area contributed by atoms with Gasteiger partial charge in [-0.2, -0.15) is 0 Å². The summed E-state index contributed by atoms with van der Waals surface area (Å²) in [6, 6.07) is 14.2. The number of fused-ring (bicyclic) bond motifs is 3. The summed E-state index contributed by atoms with van der Waals surface area (Å²) in [4.78, 5) is 12.5. The van der Waals surface area contributed by atoms with Gasteiger partial charge in [0, 0.05) is 17.0 Å². The number of rotatable bonds is 2. The largest absolute Gasteiger partial charge is 0.325 e. The smallest absolute Gasteiger partial charge is 0.228 e. The Hall–Kier alpha value is -2.09. The van der Waals surface area contributed by atoms with Gasteiger partial charge in [0.25, 0.3) is 0 Å². The monoisotopic (exact) mass is 263 g/mol. The Kier molecular flexibility index (Phi) is 2.62. The standard InChI is InChI=1S/C18H17NO/c20-18(16-11-12-8-9-14(16)10-12)19-17-7-3-5-13-4-1-2-6-15(13)17/h1-9,12,14,16H,10-11H2,(H,19,20). The van der Waals surface area contributed by atoms with Crippen LogP contribution in [-0.4, -0.2) is 5.91 Å². The van der Waals surface area contributed by atoms with Gasteiger partial charge in [0.15, 0.2) is 0 Å². The van der Waals surface area contributed by atoms with Gasteiger partial charge >= 0.3 is 0 Å². The van der Waals surface area contributed by atoms with Crippen LogP contribution in [0.1, 0.15) is 12.8 Å². The van der Waals surface area contributed by atoms with Crippen molar-refractivity contribution in [3.05, 3.63) is 54.6 Å². The van der Waals surface area contributed by atoms with Crippen LogP contribution in [0.4, 0.5) is 5.69 Å². The summed E-state index contributed by atoms with van der Waals surface area (Å²) >= 11 is 0. The number of amides is 1. The molecule has 0 aliphatic heterocycles. The van der Waals surface area contributed by atoms with Crippen molar-refractivity contribution in [2.75, 3.05) is 5.32 Å². The first-order valence-electron chi connectivity index (χ1n) is 7.28. The van der Waals surface area contributed by atoms with Gasteiger partial charge in [0.05, 0.1) is 0 Å². The predicted molar refractivity (Wildman–Crippen MR) is 81.4 cm³/mol. The highest BCUT2D eigenvalue weighted by molar-refractivity contribution is 6.03. The zero-order valence-electron chi connectivity index (χ0n) is 11.3. The van der Waals surface area contributed by atoms with Crippen LogP contribution >= 0.6 is 0 Å². The lowest BCUT2D eigenvalue weighted by Gasteiger charge is -2.18. The lowest BCUT2D eigenvalue weighted by atomic mass is 9.92. The topological polar surface area (TPSA) is 29.1 Å². The summed E-state index contributed by atoms with van der Waals surface area (Å²) in [5.41, 5.74) is 0.930. The number of allylic oxidation sites excluding steroid dienone is 2. The minimum Gasteiger partial charge on any atom is -0.325 e. The number of nitrogens with one attached hydrogen (secondary N) is 1. The maximum absolute atomic E-state index is 12.5. The summed E-state index contributed by atoms with van der Waals surface area (Å²) in [5, 5.41) is 5.42. The lowest BCUT2D eigenvalue weighted by molar-refractivity contribution is -0.120. The van der Waals surface area contributed by atoms with Crippen molar-refractivity contribution in [1.82, 2.24) is 0 Å². The fourth-order valence-electron chi connectivity index (χ4n) is 3.64. The summed E-state index contributed by atoms with van der Waals surface area (Å²) in [5.74, 6) is 1.42. The average molecular weight is 263 g/mol. The minimum absolute atomic E-state index is 0.156. The summed E-state index contributed by atoms with van der Waals surface area (Å²) in [7, 11) is 0. The molecule has 2 heteroatoms. The van der Waals surface area contributed by atoms with Crippen LogP contribution in [0.5, 0.6) is 0 Å². The van der Waals surface area contributed by atoms with E-state index in [9.17, 15) is 4.79 Å². The normalized spacial score (nSPS) is 27.1. The molecule has 0 aromatic heterocycles. The van der Waals surface area contributed by atoms with Gasteiger partial charge in [0.2, 0.25) is 5.91 Å². The van der Waals surface area contributed by atoms with E-state index in [0.717, 1.165) is 29.3 Å². The van der Waals surface area contributed by atoms with E-state index in [1.54, 1.807) is 0 Å². The molecule has 4 rings (SSSR count). The van der Waals surface area contributed by atoms with Crippen LogP contribution in [0.15, 0.2) is 54.6 Å². The van der Waals surface area contributed by atoms with E-state index in [-0.39, 0.29) is 11.8 Å². The highest BCUT2D eigenvalue weighted by atomic mass is 16.1. The minimum atomic E-state index is 0.156. The first-order chi connectivity index (χ1) is 9.81. The molecule has 0 spiro atoms. The molecule has 0 heterocycles. The third-order valence-electron chi connectivity index (χ3n) is 4.66. The van der Waals surface area contributed by atoms with Crippen LogP contribution < -0.4 is 5.32 Å². The molecule has 2 nitrogen and oxygen atoms in total. The van der Waals surface area contributed by atoms with Crippen molar-refractivity contribution in [2.24, 2.45) is 17.8 Å². The molecule has 2 aliphatic carbocycles. The molecule has 1 amide bonds. The van der Waals surface area contributed by atoms with Gasteiger partial charge in [-0.05, 0) is 36.1 Å². The number of hydrogen-bond acceptors (Lipinski definition) is 1. The highest BCUT2D eigenvalue weighted by Crippen LogP contribution is 2.43. The molecule has 3 atom stereocenters. The molecule has 1 N–H and O–H groups in total. The Morgan fingerprint density at radius 3 is 2.65 bits per heavy atom. The Bertz CT molecular complexity index is 698. The van der Waals surface area contributed by atoms with E-state index in [0.29, 0.717) is 11.8 Å². The van der Waals surface area contributed by atoms with Gasteiger partial charge in [0.1, 0.15) is 0 Å². The molecular formula is C18H17NO. The third kappa shape index (κ3) is 1.83. The summed E-state index contributed by atoms with van der Waals surface area (Å²) < 4.78 is 0. The maximum Gasteiger partial charge on any atom is 0.228 e. The molecule has 2 aliphatic rings. The number of carbonyl (C=O) groups excluding carboxylic acids is 1. The van der Waals surface area contributed by atoms with Crippen molar-refractivity contribution in [3.8, 4) is 0 Å². The quantitative estimate of drug-likeness (QED) is 0.815. The van der Waals surface area contributed by atoms with E-state index in [1.807, 2.05) is 24.3 Å². The molecule has 100 valence electrons. The second-order valence-electron chi connectivity index (χ2n) is 5.90. The Morgan fingerprint density at radius 2 is 1.85 bits per heavy atom. The van der Waals surface area contributed by atoms with Crippen LogP contribution in [0, 0.1) is 17.8 Å². The van der Waals surface area contributed by atoms with Crippen molar-refractivity contribution >= 4 is 22.4 Å². The average Bonchev–Trinajstić information content (AvgIpc) is 3.10. The van der Waals surface area contributed by atoms with Crippen LogP contribution in [0.25, 0.3) is 10.8 Å². The van der Waals surface area contributed by atoms with Crippen molar-refractivity contribution in [2.45, 2.75) is 12.8 Å². The summed E-state index contributed by atoms with van der Waals surface area (Å²) in [6.07, 6.45) is 6.67. The zero-order valence-corrected chi connectivity index (χ0v) is 11.3. The van der Waals surface area contributed by atoms with Gasteiger partial charge in [-0.1, -0.05) is 48.6 Å². The fourth-order valence-corrected chi connectivity index (χ4v) is 3.64. The van der Waals surface area contributed by atoms with E-state index >= 15 is 0 Å². The Balaban J connectivity index is 1.62. The van der Waals surface area contributed by atoms with Gasteiger partial charge in [-0.25, -0.2) is 0 Å². The van der Waals surface area contributed by atoms with E-state index < -0.39 is 0 Å². The second kappa shape index (κ2) is 4.48. The van der Waals surface area contributed by atoms with Crippen LogP contribution in [0.3, 0.4) is 0 Å². The molecule has 2 aromatic rings. The number of carbonyl (C=O) groups is 1. The SMILES string of the molecule is O=C(Nc1cccc2ccccc12)C1CC2C=CC1C2. The second-order valence-corrected chi connectivity index (χ2v) is 5.90. The molecule has 20 heavy (non-hydrogen) atoms. The zero-order chi connectivity index (χ0) is 13.5. The molecule has 0 radical (unpaired) electrons. The maximum atomic E-state index is 12.5. The Labute approximate surface area is 118 Å². The van der Waals surface area contributed by atoms with Crippen molar-refractivity contribution in [3.63, 3.8) is 0 Å². The highest BCUT2D eigenvalue weighted by Gasteiger charge is 2.39. The summed E-state index contributed by atoms with van der Waals surface area (Å²) in [6.45, 7) is 0. The predicted octanol–water partition coefficient (Wildman–Crippen LogP) is 3.99. The fraction of sp³-hybridized carbons (Fsp3) is 0.278. The molecular weight excluding hydrogens is 246 g/mol. The molecule has 3 unspecified atom stereocenters. The molecule has 1 fully saturated rings. The van der Waals surface area contributed by atoms with E-state index in [1.165, 1.54) is 0 Å². The third-order valence-corrected chi connectivity index (χ3v) is 4.66. The number of anilines is 1. The number of benzene rings is 2. The van der Waals surface area contributed by atoms with E-state index in [4.69, 9.17) is 0 Å². The van der Waals surface area contributed by atoms with E-state index in [2.05, 4.69) is 35.7 Å².